The van der Waals surface area contributed by atoms with Crippen molar-refractivity contribution < 1.29 is 4.79 Å². The Morgan fingerprint density at radius 2 is 2.38 bits per heavy atom. The van der Waals surface area contributed by atoms with Gasteiger partial charge in [-0.05, 0) is 31.7 Å². The lowest BCUT2D eigenvalue weighted by molar-refractivity contribution is 0.0928. The Labute approximate surface area is 127 Å². The number of halogens is 1. The summed E-state index contributed by atoms with van der Waals surface area (Å²) in [5.41, 5.74) is 0.430. The van der Waals surface area contributed by atoms with E-state index in [0.29, 0.717) is 16.5 Å². The molecular formula is C14H16ClN5O. The first-order chi connectivity index (χ1) is 10.2. The predicted molar refractivity (Wildman–Crippen MR) is 77.9 cm³/mol. The molecule has 1 aliphatic carbocycles. The molecule has 0 bridgehead atoms. The predicted octanol–water partition coefficient (Wildman–Crippen LogP) is 2.23. The summed E-state index contributed by atoms with van der Waals surface area (Å²) in [6.07, 6.45) is 6.73. The number of nitrogens with one attached hydrogen (secondary N) is 1. The molecule has 1 aliphatic rings. The smallest absolute Gasteiger partial charge is 0.253 e. The number of aryl methyl sites for hydroxylation is 1. The Hall–Kier alpha value is -1.95. The molecule has 21 heavy (non-hydrogen) atoms. The van der Waals surface area contributed by atoms with Crippen LogP contribution in [0.25, 0.3) is 0 Å². The van der Waals surface area contributed by atoms with E-state index in [0.717, 1.165) is 25.2 Å². The number of nitrogens with zero attached hydrogens (tertiary/aromatic N) is 4. The van der Waals surface area contributed by atoms with Crippen LogP contribution in [0.4, 0.5) is 0 Å². The van der Waals surface area contributed by atoms with Crippen molar-refractivity contribution in [2.24, 2.45) is 5.92 Å². The van der Waals surface area contributed by atoms with Crippen LogP contribution in [0.15, 0.2) is 24.8 Å². The molecule has 0 aliphatic heterocycles. The monoisotopic (exact) mass is 305 g/mol. The molecule has 1 atom stereocenters. The summed E-state index contributed by atoms with van der Waals surface area (Å²) in [5, 5.41) is 7.57. The third-order valence-corrected chi connectivity index (χ3v) is 3.92. The van der Waals surface area contributed by atoms with Gasteiger partial charge >= 0.3 is 0 Å². The molecule has 6 nitrogen and oxygen atoms in total. The zero-order valence-corrected chi connectivity index (χ0v) is 12.4. The molecule has 7 heteroatoms. The number of hydrogen-bond donors (Lipinski definition) is 1. The molecule has 0 saturated heterocycles. The Balaban J connectivity index is 1.83. The highest BCUT2D eigenvalue weighted by Gasteiger charge is 2.36. The first kappa shape index (κ1) is 14.0. The second-order valence-corrected chi connectivity index (χ2v) is 5.49. The van der Waals surface area contributed by atoms with E-state index in [1.807, 2.05) is 11.6 Å². The summed E-state index contributed by atoms with van der Waals surface area (Å²) in [6.45, 7) is 2.73. The number of rotatable bonds is 5. The molecule has 110 valence electrons. The number of carbonyl (C=O) groups is 1. The topological polar surface area (TPSA) is 72.7 Å². The van der Waals surface area contributed by atoms with Crippen LogP contribution in [0, 0.1) is 5.92 Å². The maximum atomic E-state index is 12.4. The lowest BCUT2D eigenvalue weighted by atomic mass is 10.1. The average molecular weight is 306 g/mol. The lowest BCUT2D eigenvalue weighted by Crippen LogP contribution is -2.32. The SMILES string of the molecule is CCn1ncnc1[C@H](NC(=O)c1ccncc1Cl)C1CC1. The minimum absolute atomic E-state index is 0.121. The standard InChI is InChI=1S/C14H16ClN5O/c1-2-20-13(17-8-18-20)12(9-3-4-9)19-14(21)10-5-6-16-7-11(10)15/h5-9,12H,2-4H2,1H3,(H,19,21)/t12-/m1/s1. The molecular weight excluding hydrogens is 290 g/mol. The van der Waals surface area contributed by atoms with E-state index in [1.54, 1.807) is 12.3 Å². The summed E-state index contributed by atoms with van der Waals surface area (Å²) < 4.78 is 1.82. The summed E-state index contributed by atoms with van der Waals surface area (Å²) in [5.74, 6) is 1.02. The third kappa shape index (κ3) is 2.90. The number of hydrogen-bond acceptors (Lipinski definition) is 4. The summed E-state index contributed by atoms with van der Waals surface area (Å²) >= 11 is 6.02. The maximum absolute atomic E-state index is 12.4. The van der Waals surface area contributed by atoms with Gasteiger partial charge in [0.15, 0.2) is 0 Å². The minimum atomic E-state index is -0.204. The van der Waals surface area contributed by atoms with Crippen LogP contribution in [0.2, 0.25) is 5.02 Å². The Morgan fingerprint density at radius 1 is 1.57 bits per heavy atom. The van der Waals surface area contributed by atoms with Crippen LogP contribution in [0.1, 0.15) is 42.0 Å². The molecule has 1 N–H and O–H groups in total. The molecule has 0 aromatic carbocycles. The molecule has 0 unspecified atom stereocenters. The van der Waals surface area contributed by atoms with Gasteiger partial charge in [0.2, 0.25) is 0 Å². The van der Waals surface area contributed by atoms with Gasteiger partial charge in [-0.15, -0.1) is 0 Å². The van der Waals surface area contributed by atoms with Gasteiger partial charge in [-0.1, -0.05) is 11.6 Å². The largest absolute Gasteiger partial charge is 0.342 e. The Morgan fingerprint density at radius 3 is 3.05 bits per heavy atom. The Kier molecular flexibility index (Phi) is 3.88. The van der Waals surface area contributed by atoms with Crippen molar-refractivity contribution in [3.05, 3.63) is 41.2 Å². The van der Waals surface area contributed by atoms with E-state index in [2.05, 4.69) is 20.4 Å². The van der Waals surface area contributed by atoms with Crippen LogP contribution >= 0.6 is 11.6 Å². The third-order valence-electron chi connectivity index (χ3n) is 3.62. The fraction of sp³-hybridized carbons (Fsp3) is 0.429. The van der Waals surface area contributed by atoms with Gasteiger partial charge in [0.25, 0.3) is 5.91 Å². The second-order valence-electron chi connectivity index (χ2n) is 5.08. The molecule has 3 rings (SSSR count). The van der Waals surface area contributed by atoms with Crippen LogP contribution in [-0.2, 0) is 6.54 Å². The lowest BCUT2D eigenvalue weighted by Gasteiger charge is -2.18. The zero-order valence-electron chi connectivity index (χ0n) is 11.7. The maximum Gasteiger partial charge on any atom is 0.253 e. The first-order valence-electron chi connectivity index (χ1n) is 6.98. The molecule has 2 aromatic rings. The fourth-order valence-corrected chi connectivity index (χ4v) is 2.56. The van der Waals surface area contributed by atoms with E-state index >= 15 is 0 Å². The highest BCUT2D eigenvalue weighted by atomic mass is 35.5. The van der Waals surface area contributed by atoms with E-state index in [-0.39, 0.29) is 11.9 Å². The van der Waals surface area contributed by atoms with Crippen LogP contribution in [0.5, 0.6) is 0 Å². The Bertz CT molecular complexity index is 652. The molecule has 1 fully saturated rings. The van der Waals surface area contributed by atoms with Gasteiger partial charge in [0.05, 0.1) is 16.6 Å². The molecule has 1 amide bonds. The normalized spacial score (nSPS) is 15.7. The fourth-order valence-electron chi connectivity index (χ4n) is 2.36. The van der Waals surface area contributed by atoms with E-state index < -0.39 is 0 Å². The van der Waals surface area contributed by atoms with Crippen LogP contribution < -0.4 is 5.32 Å². The van der Waals surface area contributed by atoms with Crippen molar-refractivity contribution in [2.75, 3.05) is 0 Å². The second kappa shape index (κ2) is 5.81. The van der Waals surface area contributed by atoms with Crippen molar-refractivity contribution in [3.63, 3.8) is 0 Å². The highest BCUT2D eigenvalue weighted by Crippen LogP contribution is 2.40. The average Bonchev–Trinajstić information content (AvgIpc) is 3.22. The van der Waals surface area contributed by atoms with Gasteiger partial charge < -0.3 is 5.32 Å². The van der Waals surface area contributed by atoms with Crippen LogP contribution in [0.3, 0.4) is 0 Å². The van der Waals surface area contributed by atoms with Gasteiger partial charge in [-0.2, -0.15) is 5.10 Å². The van der Waals surface area contributed by atoms with Crippen molar-refractivity contribution in [2.45, 2.75) is 32.4 Å². The first-order valence-corrected chi connectivity index (χ1v) is 7.36. The van der Waals surface area contributed by atoms with Gasteiger partial charge in [0.1, 0.15) is 12.2 Å². The molecule has 0 radical (unpaired) electrons. The van der Waals surface area contributed by atoms with Crippen molar-refractivity contribution in [1.82, 2.24) is 25.1 Å². The summed E-state index contributed by atoms with van der Waals surface area (Å²) in [7, 11) is 0. The summed E-state index contributed by atoms with van der Waals surface area (Å²) in [4.78, 5) is 20.6. The van der Waals surface area contributed by atoms with Crippen molar-refractivity contribution in [1.29, 1.82) is 0 Å². The van der Waals surface area contributed by atoms with Gasteiger partial charge in [-0.25, -0.2) is 9.67 Å². The van der Waals surface area contributed by atoms with Crippen molar-refractivity contribution >= 4 is 17.5 Å². The number of amides is 1. The number of aromatic nitrogens is 4. The molecule has 2 heterocycles. The molecule has 1 saturated carbocycles. The van der Waals surface area contributed by atoms with Crippen molar-refractivity contribution in [3.8, 4) is 0 Å². The van der Waals surface area contributed by atoms with Crippen LogP contribution in [-0.4, -0.2) is 25.7 Å². The highest BCUT2D eigenvalue weighted by molar-refractivity contribution is 6.33. The van der Waals surface area contributed by atoms with Gasteiger partial charge in [-0.3, -0.25) is 9.78 Å². The number of carbonyl (C=O) groups excluding carboxylic acids is 1. The minimum Gasteiger partial charge on any atom is -0.342 e. The summed E-state index contributed by atoms with van der Waals surface area (Å²) in [6, 6.07) is 1.50. The van der Waals surface area contributed by atoms with E-state index in [9.17, 15) is 4.79 Å². The van der Waals surface area contributed by atoms with E-state index in [1.165, 1.54) is 12.5 Å². The van der Waals surface area contributed by atoms with Gasteiger partial charge in [0, 0.05) is 18.9 Å². The number of pyridine rings is 1. The zero-order chi connectivity index (χ0) is 14.8. The molecule has 2 aromatic heterocycles. The molecule has 0 spiro atoms. The van der Waals surface area contributed by atoms with E-state index in [4.69, 9.17) is 11.6 Å². The quantitative estimate of drug-likeness (QED) is 0.919.